The molecular formula is C13H18ClN3S. The summed E-state index contributed by atoms with van der Waals surface area (Å²) in [6, 6.07) is 2.21. The molecule has 0 aromatic carbocycles. The Kier molecular flexibility index (Phi) is 4.78. The number of halogens is 1. The zero-order valence-corrected chi connectivity index (χ0v) is 12.4. The molecule has 0 bridgehead atoms. The fraction of sp³-hybridized carbons (Fsp3) is 0.538. The van der Waals surface area contributed by atoms with Gasteiger partial charge in [0.1, 0.15) is 17.0 Å². The van der Waals surface area contributed by atoms with Crippen LogP contribution < -0.4 is 4.90 Å². The molecule has 0 fully saturated rings. The molecule has 5 heteroatoms. The summed E-state index contributed by atoms with van der Waals surface area (Å²) in [5.41, 5.74) is 0. The summed E-state index contributed by atoms with van der Waals surface area (Å²) in [7, 11) is 0. The van der Waals surface area contributed by atoms with Crippen molar-refractivity contribution in [1.29, 1.82) is 0 Å². The summed E-state index contributed by atoms with van der Waals surface area (Å²) in [5, 5.41) is 1.16. The molecule has 0 spiro atoms. The second kappa shape index (κ2) is 6.34. The van der Waals surface area contributed by atoms with Crippen molar-refractivity contribution in [2.24, 2.45) is 0 Å². The average Bonchev–Trinajstić information content (AvgIpc) is 2.81. The van der Waals surface area contributed by atoms with Gasteiger partial charge in [0.2, 0.25) is 0 Å². The molecule has 0 aliphatic carbocycles. The third-order valence-corrected chi connectivity index (χ3v) is 4.21. The molecule has 2 heterocycles. The summed E-state index contributed by atoms with van der Waals surface area (Å²) >= 11 is 7.64. The van der Waals surface area contributed by atoms with Crippen LogP contribution in [0, 0.1) is 0 Å². The third kappa shape index (κ3) is 2.75. The number of hydrogen-bond donors (Lipinski definition) is 0. The molecule has 2 aromatic rings. The Labute approximate surface area is 117 Å². The molecule has 0 N–H and O–H groups in total. The highest BCUT2D eigenvalue weighted by molar-refractivity contribution is 7.18. The topological polar surface area (TPSA) is 29.0 Å². The summed E-state index contributed by atoms with van der Waals surface area (Å²) in [6.45, 7) is 6.15. The van der Waals surface area contributed by atoms with Crippen LogP contribution in [0.3, 0.4) is 0 Å². The number of rotatable bonds is 6. The Morgan fingerprint density at radius 2 is 2.11 bits per heavy atom. The van der Waals surface area contributed by atoms with Crippen molar-refractivity contribution in [3.63, 3.8) is 0 Å². The Morgan fingerprint density at radius 1 is 1.28 bits per heavy atom. The van der Waals surface area contributed by atoms with Crippen molar-refractivity contribution in [2.45, 2.75) is 26.7 Å². The minimum Gasteiger partial charge on any atom is -0.355 e. The van der Waals surface area contributed by atoms with Crippen LogP contribution in [0.15, 0.2) is 12.4 Å². The van der Waals surface area contributed by atoms with Crippen molar-refractivity contribution < 1.29 is 0 Å². The van der Waals surface area contributed by atoms with Crippen LogP contribution in [0.25, 0.3) is 10.2 Å². The average molecular weight is 284 g/mol. The van der Waals surface area contributed by atoms with E-state index in [1.165, 1.54) is 4.88 Å². The van der Waals surface area contributed by atoms with E-state index in [9.17, 15) is 0 Å². The van der Waals surface area contributed by atoms with Gasteiger partial charge in [0.15, 0.2) is 0 Å². The first-order valence-electron chi connectivity index (χ1n) is 6.34. The molecule has 18 heavy (non-hydrogen) atoms. The van der Waals surface area contributed by atoms with Crippen LogP contribution in [0.5, 0.6) is 0 Å². The first-order chi connectivity index (χ1) is 8.80. The van der Waals surface area contributed by atoms with Gasteiger partial charge in [-0.15, -0.1) is 22.9 Å². The van der Waals surface area contributed by atoms with Crippen molar-refractivity contribution in [3.05, 3.63) is 17.3 Å². The van der Waals surface area contributed by atoms with E-state index >= 15 is 0 Å². The molecule has 3 nitrogen and oxygen atoms in total. The molecule has 2 aromatic heterocycles. The lowest BCUT2D eigenvalue weighted by Crippen LogP contribution is -2.27. The number of thiophene rings is 1. The number of aryl methyl sites for hydroxylation is 1. The summed E-state index contributed by atoms with van der Waals surface area (Å²) in [4.78, 5) is 13.5. The maximum atomic E-state index is 5.88. The van der Waals surface area contributed by atoms with Gasteiger partial charge in [0.05, 0.1) is 5.39 Å². The number of anilines is 1. The number of aromatic nitrogens is 2. The highest BCUT2D eigenvalue weighted by Crippen LogP contribution is 2.30. The zero-order chi connectivity index (χ0) is 13.0. The standard InChI is InChI=1S/C13H18ClN3S/c1-3-6-17(7-5-14)12-11-8-10(4-2)18-13(11)16-9-15-12/h8-9H,3-7H2,1-2H3. The van der Waals surface area contributed by atoms with E-state index in [4.69, 9.17) is 11.6 Å². The maximum absolute atomic E-state index is 5.88. The summed E-state index contributed by atoms with van der Waals surface area (Å²) < 4.78 is 0. The summed E-state index contributed by atoms with van der Waals surface area (Å²) in [6.07, 6.45) is 3.79. The van der Waals surface area contributed by atoms with Crippen LogP contribution in [0.1, 0.15) is 25.1 Å². The minimum absolute atomic E-state index is 0.621. The molecule has 0 aliphatic heterocycles. The van der Waals surface area contributed by atoms with E-state index in [0.29, 0.717) is 5.88 Å². The molecule has 2 rings (SSSR count). The van der Waals surface area contributed by atoms with Gasteiger partial charge < -0.3 is 4.90 Å². The monoisotopic (exact) mass is 283 g/mol. The van der Waals surface area contributed by atoms with Gasteiger partial charge >= 0.3 is 0 Å². The fourth-order valence-electron chi connectivity index (χ4n) is 2.01. The number of nitrogens with zero attached hydrogens (tertiary/aromatic N) is 3. The second-order valence-corrected chi connectivity index (χ2v) is 5.65. The van der Waals surface area contributed by atoms with E-state index in [1.807, 2.05) is 0 Å². The molecule has 0 unspecified atom stereocenters. The predicted molar refractivity (Wildman–Crippen MR) is 80.0 cm³/mol. The molecule has 0 amide bonds. The summed E-state index contributed by atoms with van der Waals surface area (Å²) in [5.74, 6) is 1.65. The highest BCUT2D eigenvalue weighted by Gasteiger charge is 2.13. The lowest BCUT2D eigenvalue weighted by atomic mass is 10.3. The Bertz CT molecular complexity index is 506. The normalized spacial score (nSPS) is 11.1. The van der Waals surface area contributed by atoms with Gasteiger partial charge in [-0.1, -0.05) is 13.8 Å². The fourth-order valence-corrected chi connectivity index (χ4v) is 3.15. The van der Waals surface area contributed by atoms with Crippen molar-refractivity contribution in [1.82, 2.24) is 9.97 Å². The number of hydrogen-bond acceptors (Lipinski definition) is 4. The Hall–Kier alpha value is -0.870. The predicted octanol–water partition coefficient (Wildman–Crippen LogP) is 3.71. The van der Waals surface area contributed by atoms with Crippen LogP contribution in [-0.2, 0) is 6.42 Å². The largest absolute Gasteiger partial charge is 0.355 e. The number of fused-ring (bicyclic) bond motifs is 1. The van der Waals surface area contributed by atoms with Gasteiger partial charge in [-0.3, -0.25) is 0 Å². The van der Waals surface area contributed by atoms with Crippen LogP contribution in [0.2, 0.25) is 0 Å². The van der Waals surface area contributed by atoms with Crippen molar-refractivity contribution >= 4 is 39.0 Å². The molecule has 0 saturated carbocycles. The van der Waals surface area contributed by atoms with Gasteiger partial charge in [0.25, 0.3) is 0 Å². The van der Waals surface area contributed by atoms with Gasteiger partial charge in [-0.05, 0) is 18.9 Å². The molecule has 0 radical (unpaired) electrons. The first-order valence-corrected chi connectivity index (χ1v) is 7.69. The number of alkyl halides is 1. The molecule has 98 valence electrons. The van der Waals surface area contributed by atoms with Gasteiger partial charge in [-0.2, -0.15) is 0 Å². The lowest BCUT2D eigenvalue weighted by molar-refractivity contribution is 0.783. The van der Waals surface area contributed by atoms with Crippen LogP contribution in [-0.4, -0.2) is 28.9 Å². The van der Waals surface area contributed by atoms with E-state index < -0.39 is 0 Å². The Morgan fingerprint density at radius 3 is 2.78 bits per heavy atom. The maximum Gasteiger partial charge on any atom is 0.140 e. The van der Waals surface area contributed by atoms with Crippen molar-refractivity contribution in [3.8, 4) is 0 Å². The molecule has 0 atom stereocenters. The van der Waals surface area contributed by atoms with Gasteiger partial charge in [0, 0.05) is 23.8 Å². The van der Waals surface area contributed by atoms with Gasteiger partial charge in [-0.25, -0.2) is 9.97 Å². The molecular weight excluding hydrogens is 266 g/mol. The van der Waals surface area contributed by atoms with Crippen molar-refractivity contribution in [2.75, 3.05) is 23.9 Å². The molecule has 0 saturated heterocycles. The third-order valence-electron chi connectivity index (χ3n) is 2.86. The first kappa shape index (κ1) is 13.6. The SMILES string of the molecule is CCCN(CCCl)c1ncnc2sc(CC)cc12. The quantitative estimate of drug-likeness (QED) is 0.757. The van der Waals surface area contributed by atoms with Crippen LogP contribution >= 0.6 is 22.9 Å². The second-order valence-electron chi connectivity index (χ2n) is 4.16. The van der Waals surface area contributed by atoms with E-state index in [1.54, 1.807) is 17.7 Å². The highest BCUT2D eigenvalue weighted by atomic mass is 35.5. The zero-order valence-electron chi connectivity index (χ0n) is 10.8. The van der Waals surface area contributed by atoms with Crippen LogP contribution in [0.4, 0.5) is 5.82 Å². The van der Waals surface area contributed by atoms with E-state index in [2.05, 4.69) is 34.8 Å². The Balaban J connectivity index is 2.43. The van der Waals surface area contributed by atoms with E-state index in [0.717, 1.165) is 42.0 Å². The minimum atomic E-state index is 0.621. The lowest BCUT2D eigenvalue weighted by Gasteiger charge is -2.22. The molecule has 0 aliphatic rings. The van der Waals surface area contributed by atoms with E-state index in [-0.39, 0.29) is 0 Å². The smallest absolute Gasteiger partial charge is 0.140 e.